The van der Waals surface area contributed by atoms with E-state index in [4.69, 9.17) is 6.42 Å². The van der Waals surface area contributed by atoms with Crippen molar-refractivity contribution in [3.63, 3.8) is 0 Å². The lowest BCUT2D eigenvalue weighted by Gasteiger charge is -2.03. The maximum atomic E-state index is 5.23. The molecule has 20 heavy (non-hydrogen) atoms. The first-order valence-corrected chi connectivity index (χ1v) is 8.26. The Kier molecular flexibility index (Phi) is 10.7. The molecule has 0 radical (unpaired) electrons. The molecule has 0 saturated heterocycles. The van der Waals surface area contributed by atoms with Gasteiger partial charge in [0.1, 0.15) is 0 Å². The predicted octanol–water partition coefficient (Wildman–Crippen LogP) is 5.55. The summed E-state index contributed by atoms with van der Waals surface area (Å²) in [5.74, 6) is 2.71. The smallest absolute Gasteiger partial charge is 0.0299 e. The highest BCUT2D eigenvalue weighted by Crippen LogP contribution is 2.12. The first-order chi connectivity index (χ1) is 9.93. The number of aromatic nitrogens is 1. The number of nitrogens with zero attached hydrogens (tertiary/aromatic N) is 1. The van der Waals surface area contributed by atoms with Gasteiger partial charge >= 0.3 is 0 Å². The van der Waals surface area contributed by atoms with Gasteiger partial charge in [0, 0.05) is 18.8 Å². The van der Waals surface area contributed by atoms with Crippen LogP contribution in [-0.2, 0) is 6.42 Å². The van der Waals surface area contributed by atoms with Crippen molar-refractivity contribution in [1.82, 2.24) is 4.98 Å². The average molecular weight is 271 g/mol. The third-order valence-electron chi connectivity index (χ3n) is 3.76. The van der Waals surface area contributed by atoms with Gasteiger partial charge in [-0.05, 0) is 30.9 Å². The number of hydrogen-bond acceptors (Lipinski definition) is 1. The first-order valence-electron chi connectivity index (χ1n) is 8.26. The number of pyridine rings is 1. The molecule has 0 fully saturated rings. The molecule has 1 heterocycles. The Hall–Kier alpha value is -1.29. The molecule has 0 aliphatic carbocycles. The molecular formula is C19H29N. The van der Waals surface area contributed by atoms with Crippen LogP contribution in [-0.4, -0.2) is 4.98 Å². The summed E-state index contributed by atoms with van der Waals surface area (Å²) in [4.78, 5) is 4.15. The van der Waals surface area contributed by atoms with E-state index >= 15 is 0 Å². The second-order valence-corrected chi connectivity index (χ2v) is 5.60. The molecule has 1 nitrogen and oxygen atoms in total. The summed E-state index contributed by atoms with van der Waals surface area (Å²) in [5.41, 5.74) is 1.37. The molecule has 0 amide bonds. The SMILES string of the molecule is C#CCCCCCCCCCCCCc1cccnc1. The lowest BCUT2D eigenvalue weighted by atomic mass is 10.0. The van der Waals surface area contributed by atoms with Crippen molar-refractivity contribution in [1.29, 1.82) is 0 Å². The molecule has 0 aliphatic rings. The Bertz CT molecular complexity index is 350. The summed E-state index contributed by atoms with van der Waals surface area (Å²) < 4.78 is 0. The minimum absolute atomic E-state index is 0.955. The predicted molar refractivity (Wildman–Crippen MR) is 87.6 cm³/mol. The number of terminal acetylenes is 1. The van der Waals surface area contributed by atoms with E-state index in [1.165, 1.54) is 76.2 Å². The summed E-state index contributed by atoms with van der Waals surface area (Å²) >= 11 is 0. The fraction of sp³-hybridized carbons (Fsp3) is 0.632. The number of rotatable bonds is 12. The summed E-state index contributed by atoms with van der Waals surface area (Å²) in [6, 6.07) is 4.20. The van der Waals surface area contributed by atoms with Crippen molar-refractivity contribution >= 4 is 0 Å². The summed E-state index contributed by atoms with van der Waals surface area (Å²) in [6.45, 7) is 0. The quantitative estimate of drug-likeness (QED) is 0.359. The Morgan fingerprint density at radius 1 is 0.850 bits per heavy atom. The van der Waals surface area contributed by atoms with E-state index in [-0.39, 0.29) is 0 Å². The van der Waals surface area contributed by atoms with Gasteiger partial charge in [-0.1, -0.05) is 57.4 Å². The summed E-state index contributed by atoms with van der Waals surface area (Å²) in [6.07, 6.45) is 24.7. The maximum Gasteiger partial charge on any atom is 0.0299 e. The third-order valence-corrected chi connectivity index (χ3v) is 3.76. The molecule has 0 N–H and O–H groups in total. The summed E-state index contributed by atoms with van der Waals surface area (Å²) in [5, 5.41) is 0. The Labute approximate surface area is 125 Å². The zero-order valence-electron chi connectivity index (χ0n) is 12.8. The largest absolute Gasteiger partial charge is 0.264 e. The van der Waals surface area contributed by atoms with Gasteiger partial charge in [-0.2, -0.15) is 0 Å². The molecule has 110 valence electrons. The molecule has 0 aromatic carbocycles. The lowest BCUT2D eigenvalue weighted by Crippen LogP contribution is -1.87. The first kappa shape index (κ1) is 16.8. The van der Waals surface area contributed by atoms with Crippen LogP contribution in [0.1, 0.15) is 76.2 Å². The minimum atomic E-state index is 0.955. The Morgan fingerprint density at radius 3 is 2.00 bits per heavy atom. The lowest BCUT2D eigenvalue weighted by molar-refractivity contribution is 0.553. The van der Waals surface area contributed by atoms with E-state index in [0.29, 0.717) is 0 Å². The standard InChI is InChI=1S/C19H29N/c1-2-3-4-5-6-7-8-9-10-11-12-13-15-19-16-14-17-20-18-19/h1,14,16-18H,3-13,15H2. The van der Waals surface area contributed by atoms with Crippen LogP contribution in [0.3, 0.4) is 0 Å². The number of hydrogen-bond donors (Lipinski definition) is 0. The van der Waals surface area contributed by atoms with E-state index in [2.05, 4.69) is 17.0 Å². The number of aryl methyl sites for hydroxylation is 1. The summed E-state index contributed by atoms with van der Waals surface area (Å²) in [7, 11) is 0. The van der Waals surface area contributed by atoms with Crippen LogP contribution in [0.2, 0.25) is 0 Å². The van der Waals surface area contributed by atoms with E-state index in [1.54, 1.807) is 0 Å². The van der Waals surface area contributed by atoms with Gasteiger partial charge in [0.05, 0.1) is 0 Å². The van der Waals surface area contributed by atoms with Crippen LogP contribution >= 0.6 is 0 Å². The van der Waals surface area contributed by atoms with Gasteiger partial charge in [0.25, 0.3) is 0 Å². The van der Waals surface area contributed by atoms with Crippen molar-refractivity contribution < 1.29 is 0 Å². The molecule has 1 aromatic rings. The van der Waals surface area contributed by atoms with Crippen molar-refractivity contribution in [3.05, 3.63) is 30.1 Å². The molecule has 0 unspecified atom stereocenters. The molecule has 0 atom stereocenters. The van der Waals surface area contributed by atoms with Gasteiger partial charge in [-0.3, -0.25) is 4.98 Å². The van der Waals surface area contributed by atoms with Gasteiger partial charge < -0.3 is 0 Å². The van der Waals surface area contributed by atoms with Gasteiger partial charge in [0.15, 0.2) is 0 Å². The fourth-order valence-corrected chi connectivity index (χ4v) is 2.52. The normalized spacial score (nSPS) is 10.3. The highest BCUT2D eigenvalue weighted by molar-refractivity contribution is 5.08. The van der Waals surface area contributed by atoms with Crippen LogP contribution in [0.5, 0.6) is 0 Å². The van der Waals surface area contributed by atoms with Crippen LogP contribution in [0, 0.1) is 12.3 Å². The van der Waals surface area contributed by atoms with Crippen LogP contribution in [0.15, 0.2) is 24.5 Å². The van der Waals surface area contributed by atoms with Gasteiger partial charge in [-0.15, -0.1) is 12.3 Å². The highest BCUT2D eigenvalue weighted by atomic mass is 14.6. The Morgan fingerprint density at radius 2 is 1.45 bits per heavy atom. The molecule has 1 aromatic heterocycles. The van der Waals surface area contributed by atoms with E-state index < -0.39 is 0 Å². The second-order valence-electron chi connectivity index (χ2n) is 5.60. The van der Waals surface area contributed by atoms with Crippen molar-refractivity contribution in [2.75, 3.05) is 0 Å². The molecular weight excluding hydrogens is 242 g/mol. The van der Waals surface area contributed by atoms with Crippen LogP contribution in [0.4, 0.5) is 0 Å². The molecule has 0 aliphatic heterocycles. The Balaban J connectivity index is 1.78. The van der Waals surface area contributed by atoms with Crippen LogP contribution in [0.25, 0.3) is 0 Å². The second kappa shape index (κ2) is 12.7. The van der Waals surface area contributed by atoms with Gasteiger partial charge in [-0.25, -0.2) is 0 Å². The third kappa shape index (κ3) is 9.62. The van der Waals surface area contributed by atoms with E-state index in [0.717, 1.165) is 6.42 Å². The fourth-order valence-electron chi connectivity index (χ4n) is 2.52. The molecule has 1 rings (SSSR count). The molecule has 0 saturated carbocycles. The molecule has 0 spiro atoms. The zero-order chi connectivity index (χ0) is 14.3. The average Bonchev–Trinajstić information content (AvgIpc) is 2.49. The van der Waals surface area contributed by atoms with Crippen molar-refractivity contribution in [2.24, 2.45) is 0 Å². The van der Waals surface area contributed by atoms with E-state index in [9.17, 15) is 0 Å². The van der Waals surface area contributed by atoms with Crippen molar-refractivity contribution in [3.8, 4) is 12.3 Å². The monoisotopic (exact) mass is 271 g/mol. The van der Waals surface area contributed by atoms with Gasteiger partial charge in [0.2, 0.25) is 0 Å². The van der Waals surface area contributed by atoms with E-state index in [1.807, 2.05) is 18.5 Å². The molecule has 1 heteroatoms. The maximum absolute atomic E-state index is 5.23. The minimum Gasteiger partial charge on any atom is -0.264 e. The molecule has 0 bridgehead atoms. The van der Waals surface area contributed by atoms with Crippen molar-refractivity contribution in [2.45, 2.75) is 77.0 Å². The number of unbranched alkanes of at least 4 members (excludes halogenated alkanes) is 10. The topological polar surface area (TPSA) is 12.9 Å². The zero-order valence-corrected chi connectivity index (χ0v) is 12.8. The van der Waals surface area contributed by atoms with Crippen LogP contribution < -0.4 is 0 Å². The highest BCUT2D eigenvalue weighted by Gasteiger charge is 1.95.